The van der Waals surface area contributed by atoms with Crippen molar-refractivity contribution in [2.45, 2.75) is 0 Å². The molecule has 2 aromatic carbocycles. The molecule has 2 aromatic rings. The van der Waals surface area contributed by atoms with Gasteiger partial charge in [-0.15, -0.1) is 0 Å². The van der Waals surface area contributed by atoms with Gasteiger partial charge < -0.3 is 0 Å². The van der Waals surface area contributed by atoms with Crippen molar-refractivity contribution in [3.05, 3.63) is 74.6 Å². The van der Waals surface area contributed by atoms with Crippen molar-refractivity contribution in [1.82, 2.24) is 10.4 Å². The Morgan fingerprint density at radius 2 is 1.84 bits per heavy atom. The first kappa shape index (κ1) is 17.9. The highest BCUT2D eigenvalue weighted by atomic mass is 35.5. The third kappa shape index (κ3) is 4.22. The minimum absolute atomic E-state index is 0.251. The summed E-state index contributed by atoms with van der Waals surface area (Å²) in [7, 11) is 0. The van der Waals surface area contributed by atoms with Crippen LogP contribution in [0.5, 0.6) is 0 Å². The minimum atomic E-state index is -0.447. The first-order chi connectivity index (χ1) is 11.9. The lowest BCUT2D eigenvalue weighted by molar-refractivity contribution is -0.123. The molecule has 0 aromatic heterocycles. The topological polar surface area (TPSA) is 49.4 Å². The number of hydrogen-bond donors (Lipinski definition) is 1. The summed E-state index contributed by atoms with van der Waals surface area (Å²) in [5, 5.41) is 2.15. The van der Waals surface area contributed by atoms with E-state index in [4.69, 9.17) is 35.4 Å². The molecule has 2 amide bonds. The fraction of sp³-hybridized carbons (Fsp3) is 0. The van der Waals surface area contributed by atoms with Crippen LogP contribution in [0.3, 0.4) is 0 Å². The van der Waals surface area contributed by atoms with Crippen molar-refractivity contribution in [3.8, 4) is 0 Å². The number of halogens is 2. The van der Waals surface area contributed by atoms with E-state index in [0.29, 0.717) is 20.5 Å². The molecule has 126 valence electrons. The molecule has 0 atom stereocenters. The Morgan fingerprint density at radius 3 is 2.52 bits per heavy atom. The molecule has 1 N–H and O–H groups in total. The average molecular weight is 409 g/mol. The zero-order valence-corrected chi connectivity index (χ0v) is 15.7. The fourth-order valence-electron chi connectivity index (χ4n) is 2.08. The minimum Gasteiger partial charge on any atom is -0.267 e. The number of hydrogen-bond acceptors (Lipinski definition) is 4. The monoisotopic (exact) mass is 408 g/mol. The lowest BCUT2D eigenvalue weighted by Crippen LogP contribution is -2.44. The molecule has 0 radical (unpaired) electrons. The Hall–Kier alpha value is -1.86. The number of amides is 2. The van der Waals surface area contributed by atoms with Crippen molar-refractivity contribution in [1.29, 1.82) is 0 Å². The highest BCUT2D eigenvalue weighted by Gasteiger charge is 2.33. The molecule has 1 saturated heterocycles. The molecular weight excluding hydrogens is 399 g/mol. The van der Waals surface area contributed by atoms with Gasteiger partial charge in [0.15, 0.2) is 4.32 Å². The molecule has 1 aliphatic heterocycles. The number of thioether (sulfide) groups is 1. The molecule has 1 heterocycles. The second-order valence-corrected chi connectivity index (χ2v) is 7.57. The predicted molar refractivity (Wildman–Crippen MR) is 105 cm³/mol. The predicted octanol–water partition coefficient (Wildman–Crippen LogP) is 4.54. The van der Waals surface area contributed by atoms with Crippen molar-refractivity contribution < 1.29 is 9.59 Å². The Kier molecular flexibility index (Phi) is 5.44. The van der Waals surface area contributed by atoms with Crippen LogP contribution in [0.15, 0.2) is 53.4 Å². The van der Waals surface area contributed by atoms with Gasteiger partial charge in [-0.1, -0.05) is 47.1 Å². The van der Waals surface area contributed by atoms with Crippen LogP contribution in [0.25, 0.3) is 6.08 Å². The Morgan fingerprint density at radius 1 is 1.12 bits per heavy atom. The van der Waals surface area contributed by atoms with Crippen molar-refractivity contribution in [2.24, 2.45) is 0 Å². The number of thiocarbonyl (C=S) groups is 1. The summed E-state index contributed by atoms with van der Waals surface area (Å²) in [6.45, 7) is 0. The number of hydrazine groups is 1. The maximum Gasteiger partial charge on any atom is 0.285 e. The van der Waals surface area contributed by atoms with Crippen LogP contribution >= 0.6 is 47.2 Å². The van der Waals surface area contributed by atoms with Crippen molar-refractivity contribution >= 4 is 69.4 Å². The van der Waals surface area contributed by atoms with E-state index in [1.165, 1.54) is 0 Å². The van der Waals surface area contributed by atoms with Gasteiger partial charge >= 0.3 is 0 Å². The number of benzene rings is 2. The zero-order chi connectivity index (χ0) is 18.0. The Bertz CT molecular complexity index is 898. The van der Waals surface area contributed by atoms with Crippen LogP contribution in [0.1, 0.15) is 15.9 Å². The number of carbonyl (C=O) groups is 2. The average Bonchev–Trinajstić information content (AvgIpc) is 2.83. The first-order valence-corrected chi connectivity index (χ1v) is 9.02. The number of nitrogens with zero attached hydrogens (tertiary/aromatic N) is 1. The van der Waals surface area contributed by atoms with Crippen LogP contribution < -0.4 is 5.43 Å². The summed E-state index contributed by atoms with van der Waals surface area (Å²) in [6, 6.07) is 13.4. The molecule has 4 nitrogen and oxygen atoms in total. The molecular formula is C17H10Cl2N2O2S2. The molecule has 25 heavy (non-hydrogen) atoms. The molecule has 0 unspecified atom stereocenters. The summed E-state index contributed by atoms with van der Waals surface area (Å²) in [6.07, 6.45) is 1.68. The highest BCUT2D eigenvalue weighted by molar-refractivity contribution is 8.26. The normalized spacial score (nSPS) is 15.8. The van der Waals surface area contributed by atoms with Crippen LogP contribution in [0.2, 0.25) is 10.0 Å². The third-order valence-electron chi connectivity index (χ3n) is 3.26. The highest BCUT2D eigenvalue weighted by Crippen LogP contribution is 2.31. The second kappa shape index (κ2) is 7.58. The lowest BCUT2D eigenvalue weighted by Gasteiger charge is -2.15. The zero-order valence-electron chi connectivity index (χ0n) is 12.5. The molecule has 0 saturated carbocycles. The van der Waals surface area contributed by atoms with Crippen molar-refractivity contribution in [2.75, 3.05) is 0 Å². The van der Waals surface area contributed by atoms with E-state index in [1.807, 2.05) is 6.07 Å². The van der Waals surface area contributed by atoms with Gasteiger partial charge in [-0.3, -0.25) is 15.0 Å². The van der Waals surface area contributed by atoms with Crippen molar-refractivity contribution in [3.63, 3.8) is 0 Å². The van der Waals surface area contributed by atoms with Gasteiger partial charge in [0.25, 0.3) is 11.8 Å². The number of rotatable bonds is 3. The van der Waals surface area contributed by atoms with Gasteiger partial charge in [0.05, 0.1) is 4.91 Å². The van der Waals surface area contributed by atoms with E-state index in [9.17, 15) is 9.59 Å². The summed E-state index contributed by atoms with van der Waals surface area (Å²) >= 11 is 18.1. The van der Waals surface area contributed by atoms with E-state index < -0.39 is 11.8 Å². The van der Waals surface area contributed by atoms with Crippen LogP contribution in [0, 0.1) is 0 Å². The Labute approximate surface area is 163 Å². The summed E-state index contributed by atoms with van der Waals surface area (Å²) in [5.74, 6) is -0.839. The quantitative estimate of drug-likeness (QED) is 0.598. The van der Waals surface area contributed by atoms with E-state index in [2.05, 4.69) is 5.43 Å². The van der Waals surface area contributed by atoms with Gasteiger partial charge in [-0.2, -0.15) is 5.01 Å². The van der Waals surface area contributed by atoms with E-state index in [0.717, 1.165) is 22.3 Å². The number of carbonyl (C=O) groups excluding carboxylic acids is 2. The molecule has 0 spiro atoms. The summed E-state index contributed by atoms with van der Waals surface area (Å²) in [5.41, 5.74) is 3.66. The van der Waals surface area contributed by atoms with E-state index >= 15 is 0 Å². The molecule has 0 bridgehead atoms. The Balaban J connectivity index is 1.77. The SMILES string of the molecule is O=C(NN1C(=O)/C(=C\c2cccc(Cl)c2)SC1=S)c1ccc(Cl)cc1. The van der Waals surface area contributed by atoms with E-state index in [-0.39, 0.29) is 4.32 Å². The fourth-order valence-corrected chi connectivity index (χ4v) is 3.58. The molecule has 1 fully saturated rings. The second-order valence-electron chi connectivity index (χ2n) is 5.02. The van der Waals surface area contributed by atoms with E-state index in [1.54, 1.807) is 48.5 Å². The van der Waals surface area contributed by atoms with Crippen LogP contribution in [-0.2, 0) is 4.79 Å². The van der Waals surface area contributed by atoms with Gasteiger partial charge in [0.1, 0.15) is 0 Å². The number of nitrogens with one attached hydrogen (secondary N) is 1. The largest absolute Gasteiger partial charge is 0.285 e. The molecule has 8 heteroatoms. The lowest BCUT2D eigenvalue weighted by atomic mass is 10.2. The van der Waals surface area contributed by atoms with Crippen LogP contribution in [0.4, 0.5) is 0 Å². The summed E-state index contributed by atoms with van der Waals surface area (Å²) in [4.78, 5) is 25.2. The maximum atomic E-state index is 12.5. The standard InChI is InChI=1S/C17H10Cl2N2O2S2/c18-12-6-4-11(5-7-12)15(22)20-21-16(23)14(25-17(21)24)9-10-2-1-3-13(19)8-10/h1-9H,(H,20,22)/b14-9+. The van der Waals surface area contributed by atoms with Gasteiger partial charge in [-0.05, 0) is 60.3 Å². The first-order valence-electron chi connectivity index (χ1n) is 7.04. The van der Waals surface area contributed by atoms with Gasteiger partial charge in [0.2, 0.25) is 0 Å². The maximum absolute atomic E-state index is 12.5. The molecule has 1 aliphatic rings. The smallest absolute Gasteiger partial charge is 0.267 e. The van der Waals surface area contributed by atoms with Crippen LogP contribution in [-0.4, -0.2) is 21.1 Å². The van der Waals surface area contributed by atoms with Gasteiger partial charge in [-0.25, -0.2) is 0 Å². The molecule has 0 aliphatic carbocycles. The third-order valence-corrected chi connectivity index (χ3v) is 5.05. The molecule has 3 rings (SSSR count). The summed E-state index contributed by atoms with van der Waals surface area (Å²) < 4.78 is 0.251. The van der Waals surface area contributed by atoms with Gasteiger partial charge in [0, 0.05) is 15.6 Å².